The number of pyridine rings is 1. The minimum atomic E-state index is 0.611. The molecule has 112 valence electrons. The molecule has 0 N–H and O–H groups in total. The normalized spacial score (nSPS) is 25.9. The van der Waals surface area contributed by atoms with Gasteiger partial charge in [-0.1, -0.05) is 0 Å². The van der Waals surface area contributed by atoms with Crippen LogP contribution < -0.4 is 0 Å². The Bertz CT molecular complexity index is 615. The van der Waals surface area contributed by atoms with Crippen LogP contribution in [0, 0.1) is 5.92 Å². The summed E-state index contributed by atoms with van der Waals surface area (Å²) in [6.45, 7) is 2.78. The summed E-state index contributed by atoms with van der Waals surface area (Å²) in [6.07, 6.45) is 6.79. The average Bonchev–Trinajstić information content (AvgIpc) is 3.23. The van der Waals surface area contributed by atoms with Crippen molar-refractivity contribution in [3.05, 3.63) is 24.2 Å². The van der Waals surface area contributed by atoms with Gasteiger partial charge >= 0.3 is 0 Å². The minimum absolute atomic E-state index is 0.611. The lowest BCUT2D eigenvalue weighted by molar-refractivity contribution is 0.182. The number of hydrogen-bond donors (Lipinski definition) is 0. The van der Waals surface area contributed by atoms with E-state index in [1.54, 1.807) is 0 Å². The molecule has 2 fully saturated rings. The molecular weight excluding hydrogens is 282 g/mol. The van der Waals surface area contributed by atoms with Gasteiger partial charge in [0.25, 0.3) is 0 Å². The van der Waals surface area contributed by atoms with E-state index in [-0.39, 0.29) is 0 Å². The molecule has 4 rings (SSSR count). The number of hydrogen-bond acceptors (Lipinski definition) is 4. The lowest BCUT2D eigenvalue weighted by Crippen LogP contribution is -2.16. The Morgan fingerprint density at radius 3 is 3.19 bits per heavy atom. The lowest BCUT2D eigenvalue weighted by Gasteiger charge is -2.14. The maximum atomic E-state index is 5.53. The van der Waals surface area contributed by atoms with E-state index in [9.17, 15) is 0 Å². The molecule has 4 nitrogen and oxygen atoms in total. The topological polar surface area (TPSA) is 39.9 Å². The molecule has 2 aliphatic heterocycles. The molecule has 0 radical (unpaired) electrons. The first-order valence-corrected chi connectivity index (χ1v) is 8.94. The second-order valence-electron chi connectivity index (χ2n) is 6.05. The standard InChI is InChI=1S/C16H21N3OS/c1-4-14-16(17-6-1)19(10-12-5-7-20-11-12)15(18-14)9-13-3-2-8-21-13/h1,4,6,12-13H,2-3,5,7-11H2. The number of aromatic nitrogens is 3. The third-order valence-electron chi connectivity index (χ3n) is 4.48. The second kappa shape index (κ2) is 5.97. The van der Waals surface area contributed by atoms with Crippen molar-refractivity contribution in [3.63, 3.8) is 0 Å². The van der Waals surface area contributed by atoms with Gasteiger partial charge in [0.15, 0.2) is 5.65 Å². The number of rotatable bonds is 4. The fourth-order valence-electron chi connectivity index (χ4n) is 3.35. The van der Waals surface area contributed by atoms with Crippen molar-refractivity contribution >= 4 is 22.9 Å². The number of nitrogens with zero attached hydrogens (tertiary/aromatic N) is 3. The Kier molecular flexibility index (Phi) is 3.86. The van der Waals surface area contributed by atoms with Crippen molar-refractivity contribution in [2.75, 3.05) is 19.0 Å². The van der Waals surface area contributed by atoms with E-state index < -0.39 is 0 Å². The maximum Gasteiger partial charge on any atom is 0.159 e. The van der Waals surface area contributed by atoms with Crippen molar-refractivity contribution in [1.29, 1.82) is 0 Å². The molecule has 0 bridgehead atoms. The van der Waals surface area contributed by atoms with E-state index in [4.69, 9.17) is 9.72 Å². The van der Waals surface area contributed by atoms with Crippen molar-refractivity contribution < 1.29 is 4.74 Å². The van der Waals surface area contributed by atoms with Crippen LogP contribution in [0.4, 0.5) is 0 Å². The molecule has 2 saturated heterocycles. The summed E-state index contributed by atoms with van der Waals surface area (Å²) in [5.74, 6) is 3.13. The molecule has 0 amide bonds. The lowest BCUT2D eigenvalue weighted by atomic mass is 10.1. The Balaban J connectivity index is 1.65. The molecule has 2 atom stereocenters. The minimum Gasteiger partial charge on any atom is -0.381 e. The van der Waals surface area contributed by atoms with Gasteiger partial charge < -0.3 is 9.30 Å². The summed E-state index contributed by atoms with van der Waals surface area (Å²) < 4.78 is 7.89. The Hall–Kier alpha value is -1.07. The van der Waals surface area contributed by atoms with Gasteiger partial charge in [-0.3, -0.25) is 0 Å². The first kappa shape index (κ1) is 13.6. The predicted molar refractivity (Wildman–Crippen MR) is 85.6 cm³/mol. The van der Waals surface area contributed by atoms with Crippen molar-refractivity contribution in [1.82, 2.24) is 14.5 Å². The monoisotopic (exact) mass is 303 g/mol. The van der Waals surface area contributed by atoms with Gasteiger partial charge in [0.1, 0.15) is 11.3 Å². The van der Waals surface area contributed by atoms with Crippen LogP contribution in [-0.4, -0.2) is 38.8 Å². The van der Waals surface area contributed by atoms with Crippen LogP contribution in [0.25, 0.3) is 11.2 Å². The highest BCUT2D eigenvalue weighted by Crippen LogP contribution is 2.30. The molecular formula is C16H21N3OS. The molecule has 2 aromatic heterocycles. The van der Waals surface area contributed by atoms with Gasteiger partial charge in [0.05, 0.1) is 6.61 Å². The van der Waals surface area contributed by atoms with Gasteiger partial charge in [0.2, 0.25) is 0 Å². The third kappa shape index (κ3) is 2.81. The Labute approximate surface area is 129 Å². The van der Waals surface area contributed by atoms with Crippen molar-refractivity contribution in [2.24, 2.45) is 5.92 Å². The van der Waals surface area contributed by atoms with Crippen LogP contribution in [0.5, 0.6) is 0 Å². The quantitative estimate of drug-likeness (QED) is 0.871. The van der Waals surface area contributed by atoms with Crippen LogP contribution in [0.15, 0.2) is 18.3 Å². The van der Waals surface area contributed by atoms with Gasteiger partial charge in [-0.05, 0) is 37.1 Å². The zero-order chi connectivity index (χ0) is 14.1. The van der Waals surface area contributed by atoms with Gasteiger partial charge in [-0.2, -0.15) is 11.8 Å². The number of ether oxygens (including phenoxy) is 1. The zero-order valence-electron chi connectivity index (χ0n) is 12.2. The molecule has 0 aliphatic carbocycles. The summed E-state index contributed by atoms with van der Waals surface area (Å²) in [4.78, 5) is 9.44. The first-order valence-electron chi connectivity index (χ1n) is 7.89. The van der Waals surface area contributed by atoms with Gasteiger partial charge in [-0.15, -0.1) is 0 Å². The zero-order valence-corrected chi connectivity index (χ0v) is 13.0. The Morgan fingerprint density at radius 1 is 1.38 bits per heavy atom. The van der Waals surface area contributed by atoms with Gasteiger partial charge in [0, 0.05) is 36.9 Å². The van der Waals surface area contributed by atoms with Crippen molar-refractivity contribution in [2.45, 2.75) is 37.5 Å². The summed E-state index contributed by atoms with van der Waals surface area (Å²) in [5, 5.41) is 0.736. The molecule has 2 unspecified atom stereocenters. The SMILES string of the molecule is c1cnc2c(c1)nc(CC1CCCS1)n2CC1CCOC1. The average molecular weight is 303 g/mol. The fourth-order valence-corrected chi connectivity index (χ4v) is 4.61. The summed E-state index contributed by atoms with van der Waals surface area (Å²) >= 11 is 2.10. The number of imidazole rings is 1. The largest absolute Gasteiger partial charge is 0.381 e. The molecule has 2 aliphatic rings. The molecule has 2 aromatic rings. The molecule has 0 spiro atoms. The Morgan fingerprint density at radius 2 is 2.38 bits per heavy atom. The highest BCUT2D eigenvalue weighted by atomic mass is 32.2. The third-order valence-corrected chi connectivity index (χ3v) is 5.88. The van der Waals surface area contributed by atoms with Crippen LogP contribution in [-0.2, 0) is 17.7 Å². The molecule has 0 saturated carbocycles. The van der Waals surface area contributed by atoms with E-state index >= 15 is 0 Å². The molecule has 4 heterocycles. The number of fused-ring (bicyclic) bond motifs is 1. The van der Waals surface area contributed by atoms with Crippen LogP contribution >= 0.6 is 11.8 Å². The van der Waals surface area contributed by atoms with Crippen molar-refractivity contribution in [3.8, 4) is 0 Å². The van der Waals surface area contributed by atoms with E-state index in [1.165, 1.54) is 24.4 Å². The van der Waals surface area contributed by atoms with Crippen LogP contribution in [0.3, 0.4) is 0 Å². The predicted octanol–water partition coefficient (Wildman–Crippen LogP) is 2.91. The fraction of sp³-hybridized carbons (Fsp3) is 0.625. The van der Waals surface area contributed by atoms with Crippen LogP contribution in [0.1, 0.15) is 25.1 Å². The molecule has 5 heteroatoms. The molecule has 0 aromatic carbocycles. The van der Waals surface area contributed by atoms with E-state index in [2.05, 4.69) is 27.4 Å². The first-order chi connectivity index (χ1) is 10.4. The smallest absolute Gasteiger partial charge is 0.159 e. The van der Waals surface area contributed by atoms with E-state index in [0.717, 1.165) is 49.0 Å². The highest BCUT2D eigenvalue weighted by molar-refractivity contribution is 8.00. The van der Waals surface area contributed by atoms with E-state index in [1.807, 2.05) is 12.3 Å². The highest BCUT2D eigenvalue weighted by Gasteiger charge is 2.23. The summed E-state index contributed by atoms with van der Waals surface area (Å²) in [5.41, 5.74) is 2.08. The number of thioether (sulfide) groups is 1. The van der Waals surface area contributed by atoms with Crippen LogP contribution in [0.2, 0.25) is 0 Å². The maximum absolute atomic E-state index is 5.53. The molecule has 21 heavy (non-hydrogen) atoms. The summed E-state index contributed by atoms with van der Waals surface area (Å²) in [6, 6.07) is 4.06. The van der Waals surface area contributed by atoms with Gasteiger partial charge in [-0.25, -0.2) is 9.97 Å². The van der Waals surface area contributed by atoms with E-state index in [0.29, 0.717) is 5.92 Å². The summed E-state index contributed by atoms with van der Waals surface area (Å²) in [7, 11) is 0. The second-order valence-corrected chi connectivity index (χ2v) is 7.46.